The average Bonchev–Trinajstić information content (AvgIpc) is 3.25. The van der Waals surface area contributed by atoms with Crippen molar-refractivity contribution < 1.29 is 0 Å². The molecule has 0 aliphatic heterocycles. The highest BCUT2D eigenvalue weighted by Crippen LogP contribution is 2.15. The first-order chi connectivity index (χ1) is 11.7. The highest BCUT2D eigenvalue weighted by Gasteiger charge is 2.10. The minimum atomic E-state index is 0.915. The van der Waals surface area contributed by atoms with Crippen molar-refractivity contribution in [1.82, 2.24) is 19.6 Å². The molecule has 1 aromatic carbocycles. The third-order valence-electron chi connectivity index (χ3n) is 3.89. The van der Waals surface area contributed by atoms with Crippen LogP contribution in [0.4, 0.5) is 0 Å². The summed E-state index contributed by atoms with van der Waals surface area (Å²) in [6, 6.07) is 14.6. The summed E-state index contributed by atoms with van der Waals surface area (Å²) in [6.45, 7) is 4.00. The predicted molar refractivity (Wildman–Crippen MR) is 101 cm³/mol. The molecule has 0 bridgehead atoms. The van der Waals surface area contributed by atoms with Crippen molar-refractivity contribution in [2.24, 2.45) is 0 Å². The first kappa shape index (κ1) is 16.9. The van der Waals surface area contributed by atoms with Crippen LogP contribution in [0.3, 0.4) is 0 Å². The maximum Gasteiger partial charge on any atom is 0.0645 e. The summed E-state index contributed by atoms with van der Waals surface area (Å²) in [4.78, 5) is 6.12. The van der Waals surface area contributed by atoms with Gasteiger partial charge in [0.2, 0.25) is 0 Å². The Morgan fingerprint density at radius 2 is 1.83 bits per heavy atom. The van der Waals surface area contributed by atoms with E-state index in [0.29, 0.717) is 0 Å². The lowest BCUT2D eigenvalue weighted by Crippen LogP contribution is -2.30. The lowest BCUT2D eigenvalue weighted by molar-refractivity contribution is 0.228. The van der Waals surface area contributed by atoms with Gasteiger partial charge >= 0.3 is 0 Å². The Balaban J connectivity index is 1.68. The van der Waals surface area contributed by atoms with E-state index in [1.807, 2.05) is 40.4 Å². The highest BCUT2D eigenvalue weighted by molar-refractivity contribution is 7.09. The molecule has 0 spiro atoms. The molecule has 5 heteroatoms. The van der Waals surface area contributed by atoms with Crippen LogP contribution in [0.1, 0.15) is 10.4 Å². The Bertz CT molecular complexity index is 719. The van der Waals surface area contributed by atoms with Crippen molar-refractivity contribution in [1.29, 1.82) is 0 Å². The van der Waals surface area contributed by atoms with Gasteiger partial charge in [-0.1, -0.05) is 24.3 Å². The van der Waals surface area contributed by atoms with Crippen LogP contribution in [-0.2, 0) is 13.1 Å². The van der Waals surface area contributed by atoms with Crippen molar-refractivity contribution >= 4 is 11.3 Å². The number of para-hydroxylation sites is 1. The van der Waals surface area contributed by atoms with Crippen molar-refractivity contribution in [3.63, 3.8) is 0 Å². The van der Waals surface area contributed by atoms with E-state index in [1.54, 1.807) is 0 Å². The molecule has 0 N–H and O–H groups in total. The van der Waals surface area contributed by atoms with E-state index in [1.165, 1.54) is 10.4 Å². The second-order valence-electron chi connectivity index (χ2n) is 6.22. The summed E-state index contributed by atoms with van der Waals surface area (Å²) < 4.78 is 1.95. The Kier molecular flexibility index (Phi) is 5.80. The average molecular weight is 340 g/mol. The van der Waals surface area contributed by atoms with Crippen LogP contribution in [0.25, 0.3) is 5.69 Å². The lowest BCUT2D eigenvalue weighted by atomic mass is 10.3. The Morgan fingerprint density at radius 1 is 1.00 bits per heavy atom. The van der Waals surface area contributed by atoms with Crippen LogP contribution < -0.4 is 0 Å². The SMILES string of the molecule is CN(C)CCN(Cc1cnn(-c2ccccc2)c1)Cc1cccs1. The van der Waals surface area contributed by atoms with Crippen LogP contribution in [0.5, 0.6) is 0 Å². The van der Waals surface area contributed by atoms with Crippen LogP contribution in [0, 0.1) is 0 Å². The van der Waals surface area contributed by atoms with E-state index < -0.39 is 0 Å². The molecule has 24 heavy (non-hydrogen) atoms. The molecule has 3 aromatic rings. The van der Waals surface area contributed by atoms with E-state index in [-0.39, 0.29) is 0 Å². The summed E-state index contributed by atoms with van der Waals surface area (Å²) >= 11 is 1.82. The fourth-order valence-electron chi connectivity index (χ4n) is 2.60. The molecule has 0 saturated carbocycles. The molecule has 2 heterocycles. The van der Waals surface area contributed by atoms with Crippen molar-refractivity contribution in [2.75, 3.05) is 27.2 Å². The quantitative estimate of drug-likeness (QED) is 0.627. The molecule has 0 aliphatic rings. The van der Waals surface area contributed by atoms with Gasteiger partial charge in [-0.25, -0.2) is 4.68 Å². The molecule has 0 saturated heterocycles. The third kappa shape index (κ3) is 4.77. The highest BCUT2D eigenvalue weighted by atomic mass is 32.1. The number of hydrogen-bond donors (Lipinski definition) is 0. The summed E-state index contributed by atoms with van der Waals surface area (Å²) in [5.41, 5.74) is 2.34. The first-order valence-electron chi connectivity index (χ1n) is 8.19. The summed E-state index contributed by atoms with van der Waals surface area (Å²) in [5.74, 6) is 0. The molecular weight excluding hydrogens is 316 g/mol. The minimum absolute atomic E-state index is 0.915. The maximum absolute atomic E-state index is 4.51. The van der Waals surface area contributed by atoms with E-state index in [4.69, 9.17) is 0 Å². The zero-order chi connectivity index (χ0) is 16.8. The van der Waals surface area contributed by atoms with Gasteiger partial charge < -0.3 is 4.90 Å². The van der Waals surface area contributed by atoms with E-state index >= 15 is 0 Å². The van der Waals surface area contributed by atoms with Gasteiger partial charge in [0.1, 0.15) is 0 Å². The standard InChI is InChI=1S/C19H24N4S/c1-21(2)10-11-22(16-19-9-6-12-24-19)14-17-13-20-23(15-17)18-7-4-3-5-8-18/h3-9,12-13,15H,10-11,14,16H2,1-2H3. The molecule has 126 valence electrons. The van der Waals surface area contributed by atoms with Crippen LogP contribution >= 0.6 is 11.3 Å². The number of thiophene rings is 1. The van der Waals surface area contributed by atoms with Gasteiger partial charge in [0, 0.05) is 42.8 Å². The van der Waals surface area contributed by atoms with Gasteiger partial charge in [0.15, 0.2) is 0 Å². The number of hydrogen-bond acceptors (Lipinski definition) is 4. The zero-order valence-electron chi connectivity index (χ0n) is 14.3. The summed E-state index contributed by atoms with van der Waals surface area (Å²) in [7, 11) is 4.24. The summed E-state index contributed by atoms with van der Waals surface area (Å²) in [6.07, 6.45) is 4.11. The predicted octanol–water partition coefficient (Wildman–Crippen LogP) is 3.50. The second kappa shape index (κ2) is 8.24. The van der Waals surface area contributed by atoms with Crippen molar-refractivity contribution in [3.8, 4) is 5.69 Å². The Hall–Kier alpha value is -1.95. The van der Waals surface area contributed by atoms with Crippen LogP contribution in [-0.4, -0.2) is 46.8 Å². The van der Waals surface area contributed by atoms with Gasteiger partial charge in [-0.3, -0.25) is 4.90 Å². The van der Waals surface area contributed by atoms with Gasteiger partial charge in [-0.2, -0.15) is 5.10 Å². The molecule has 0 aliphatic carbocycles. The van der Waals surface area contributed by atoms with E-state index in [0.717, 1.165) is 31.9 Å². The number of nitrogens with zero attached hydrogens (tertiary/aromatic N) is 4. The number of aromatic nitrogens is 2. The molecule has 3 rings (SSSR count). The summed E-state index contributed by atoms with van der Waals surface area (Å²) in [5, 5.41) is 6.66. The largest absolute Gasteiger partial charge is 0.308 e. The number of benzene rings is 1. The van der Waals surface area contributed by atoms with Gasteiger partial charge in [-0.15, -0.1) is 11.3 Å². The topological polar surface area (TPSA) is 24.3 Å². The van der Waals surface area contributed by atoms with E-state index in [9.17, 15) is 0 Å². The molecule has 2 aromatic heterocycles. The lowest BCUT2D eigenvalue weighted by Gasteiger charge is -2.23. The normalized spacial score (nSPS) is 11.5. The van der Waals surface area contributed by atoms with Crippen molar-refractivity contribution in [3.05, 3.63) is 70.7 Å². The smallest absolute Gasteiger partial charge is 0.0645 e. The van der Waals surface area contributed by atoms with Crippen LogP contribution in [0.2, 0.25) is 0 Å². The maximum atomic E-state index is 4.51. The molecule has 0 amide bonds. The molecular formula is C19H24N4S. The molecule has 0 radical (unpaired) electrons. The molecule has 4 nitrogen and oxygen atoms in total. The fraction of sp³-hybridized carbons (Fsp3) is 0.316. The molecule has 0 unspecified atom stereocenters. The Morgan fingerprint density at radius 3 is 2.54 bits per heavy atom. The number of likely N-dealkylation sites (N-methyl/N-ethyl adjacent to an activating group) is 1. The third-order valence-corrected chi connectivity index (χ3v) is 4.75. The van der Waals surface area contributed by atoms with Crippen molar-refractivity contribution in [2.45, 2.75) is 13.1 Å². The Labute approximate surface area is 148 Å². The van der Waals surface area contributed by atoms with Gasteiger partial charge in [0.25, 0.3) is 0 Å². The van der Waals surface area contributed by atoms with E-state index in [2.05, 4.69) is 64.8 Å². The van der Waals surface area contributed by atoms with Gasteiger partial charge in [-0.05, 0) is 37.7 Å². The monoisotopic (exact) mass is 340 g/mol. The molecule has 0 atom stereocenters. The zero-order valence-corrected chi connectivity index (χ0v) is 15.1. The molecule has 0 fully saturated rings. The van der Waals surface area contributed by atoms with Gasteiger partial charge in [0.05, 0.1) is 11.9 Å². The second-order valence-corrected chi connectivity index (χ2v) is 7.25. The minimum Gasteiger partial charge on any atom is -0.308 e. The first-order valence-corrected chi connectivity index (χ1v) is 9.07. The van der Waals surface area contributed by atoms with Crippen LogP contribution in [0.15, 0.2) is 60.2 Å². The number of rotatable bonds is 8. The fourth-order valence-corrected chi connectivity index (χ4v) is 3.35.